The molecule has 0 aliphatic rings. The molecule has 0 amide bonds. The molecule has 88 valence electrons. The molecule has 0 atom stereocenters. The largest absolute Gasteiger partial charge is 0.394 e. The molecular formula is C13H13FN2O. The van der Waals surface area contributed by atoms with E-state index in [0.717, 1.165) is 0 Å². The van der Waals surface area contributed by atoms with Crippen LogP contribution in [0.4, 0.5) is 10.1 Å². The van der Waals surface area contributed by atoms with Gasteiger partial charge in [-0.15, -0.1) is 0 Å². The molecule has 0 spiro atoms. The third kappa shape index (κ3) is 1.93. The monoisotopic (exact) mass is 232 g/mol. The van der Waals surface area contributed by atoms with Crippen LogP contribution in [0.15, 0.2) is 41.2 Å². The molecule has 2 N–H and O–H groups in total. The van der Waals surface area contributed by atoms with E-state index in [-0.39, 0.29) is 17.1 Å². The quantitative estimate of drug-likeness (QED) is 0.863. The van der Waals surface area contributed by atoms with Crippen LogP contribution in [0.5, 0.6) is 0 Å². The molecule has 0 fully saturated rings. The van der Waals surface area contributed by atoms with Gasteiger partial charge in [-0.3, -0.25) is 4.79 Å². The summed E-state index contributed by atoms with van der Waals surface area (Å²) < 4.78 is 15.1. The molecule has 0 unspecified atom stereocenters. The van der Waals surface area contributed by atoms with Crippen molar-refractivity contribution in [3.05, 3.63) is 52.6 Å². The van der Waals surface area contributed by atoms with E-state index in [1.54, 1.807) is 24.3 Å². The van der Waals surface area contributed by atoms with E-state index in [1.807, 2.05) is 6.92 Å². The molecule has 0 saturated carbocycles. The molecule has 0 bridgehead atoms. The van der Waals surface area contributed by atoms with Gasteiger partial charge in [0, 0.05) is 12.1 Å². The number of benzene rings is 1. The summed E-state index contributed by atoms with van der Waals surface area (Å²) >= 11 is 0. The molecule has 2 aromatic rings. The van der Waals surface area contributed by atoms with E-state index >= 15 is 0 Å². The lowest BCUT2D eigenvalue weighted by Crippen LogP contribution is -2.23. The average molecular weight is 232 g/mol. The van der Waals surface area contributed by atoms with Crippen molar-refractivity contribution in [3.63, 3.8) is 0 Å². The molecule has 3 nitrogen and oxygen atoms in total. The number of rotatable bonds is 2. The van der Waals surface area contributed by atoms with E-state index in [4.69, 9.17) is 5.73 Å². The number of nitrogens with zero attached hydrogens (tertiary/aromatic N) is 1. The van der Waals surface area contributed by atoms with Crippen molar-refractivity contribution in [3.8, 4) is 11.3 Å². The number of halogens is 1. The van der Waals surface area contributed by atoms with E-state index in [0.29, 0.717) is 17.8 Å². The Morgan fingerprint density at radius 2 is 1.94 bits per heavy atom. The number of nitrogen functional groups attached to an aromatic ring is 1. The Morgan fingerprint density at radius 3 is 2.59 bits per heavy atom. The average Bonchev–Trinajstić information content (AvgIpc) is 2.33. The lowest BCUT2D eigenvalue weighted by Gasteiger charge is -2.12. The zero-order chi connectivity index (χ0) is 12.4. The Morgan fingerprint density at radius 1 is 1.24 bits per heavy atom. The van der Waals surface area contributed by atoms with Gasteiger partial charge in [0.05, 0.1) is 11.4 Å². The van der Waals surface area contributed by atoms with Gasteiger partial charge in [-0.1, -0.05) is 12.1 Å². The summed E-state index contributed by atoms with van der Waals surface area (Å²) in [6.07, 6.45) is 0. The van der Waals surface area contributed by atoms with Gasteiger partial charge in [-0.2, -0.15) is 0 Å². The Labute approximate surface area is 98.3 Å². The lowest BCUT2D eigenvalue weighted by molar-refractivity contribution is 0.627. The molecule has 0 radical (unpaired) electrons. The molecule has 0 aliphatic heterocycles. The van der Waals surface area contributed by atoms with Crippen LogP contribution in [0.2, 0.25) is 0 Å². The second kappa shape index (κ2) is 4.41. The van der Waals surface area contributed by atoms with Crippen LogP contribution in [0.3, 0.4) is 0 Å². The Bertz CT molecular complexity index is 605. The third-order valence-electron chi connectivity index (χ3n) is 2.67. The minimum atomic E-state index is -0.348. The molecule has 0 aliphatic carbocycles. The van der Waals surface area contributed by atoms with Crippen LogP contribution in [0, 0.1) is 5.82 Å². The number of hydrogen-bond donors (Lipinski definition) is 1. The topological polar surface area (TPSA) is 48.0 Å². The molecule has 1 aromatic carbocycles. The van der Waals surface area contributed by atoms with Crippen molar-refractivity contribution >= 4 is 5.69 Å². The summed E-state index contributed by atoms with van der Waals surface area (Å²) in [6, 6.07) is 9.54. The van der Waals surface area contributed by atoms with E-state index in [1.165, 1.54) is 16.7 Å². The van der Waals surface area contributed by atoms with E-state index in [2.05, 4.69) is 0 Å². The molecular weight excluding hydrogens is 219 g/mol. The summed E-state index contributed by atoms with van der Waals surface area (Å²) in [5.41, 5.74) is 6.40. The minimum absolute atomic E-state index is 0.173. The van der Waals surface area contributed by atoms with Gasteiger partial charge in [-0.05, 0) is 31.2 Å². The van der Waals surface area contributed by atoms with Crippen molar-refractivity contribution < 1.29 is 4.39 Å². The van der Waals surface area contributed by atoms with Gasteiger partial charge < -0.3 is 10.3 Å². The highest BCUT2D eigenvalue weighted by molar-refractivity contribution is 5.62. The van der Waals surface area contributed by atoms with Gasteiger partial charge in [0.25, 0.3) is 5.56 Å². The molecule has 4 heteroatoms. The second-order valence-electron chi connectivity index (χ2n) is 3.70. The predicted molar refractivity (Wildman–Crippen MR) is 66.2 cm³/mol. The summed E-state index contributed by atoms with van der Waals surface area (Å²) in [4.78, 5) is 11.8. The zero-order valence-corrected chi connectivity index (χ0v) is 9.48. The first-order valence-electron chi connectivity index (χ1n) is 5.39. The van der Waals surface area contributed by atoms with Gasteiger partial charge in [0.15, 0.2) is 0 Å². The number of hydrogen-bond acceptors (Lipinski definition) is 2. The molecule has 1 aromatic heterocycles. The van der Waals surface area contributed by atoms with Crippen LogP contribution >= 0.6 is 0 Å². The van der Waals surface area contributed by atoms with E-state index < -0.39 is 0 Å². The number of aromatic nitrogens is 1. The standard InChI is InChI=1S/C13H13FN2O/c1-2-16-12(8-7-11(15)13(16)17)9-5-3-4-6-10(9)14/h3-8H,2,15H2,1H3. The highest BCUT2D eigenvalue weighted by Gasteiger charge is 2.10. The highest BCUT2D eigenvalue weighted by Crippen LogP contribution is 2.21. The van der Waals surface area contributed by atoms with Crippen LogP contribution in [0.25, 0.3) is 11.3 Å². The van der Waals surface area contributed by atoms with Crippen molar-refractivity contribution in [1.82, 2.24) is 4.57 Å². The SMILES string of the molecule is CCn1c(-c2ccccc2F)ccc(N)c1=O. The summed E-state index contributed by atoms with van der Waals surface area (Å²) in [5.74, 6) is -0.348. The number of anilines is 1. The third-order valence-corrected chi connectivity index (χ3v) is 2.67. The van der Waals surface area contributed by atoms with Gasteiger partial charge in [-0.25, -0.2) is 4.39 Å². The predicted octanol–water partition coefficient (Wildman–Crippen LogP) is 2.26. The maximum absolute atomic E-state index is 13.7. The first-order valence-corrected chi connectivity index (χ1v) is 5.39. The van der Waals surface area contributed by atoms with Crippen LogP contribution < -0.4 is 11.3 Å². The van der Waals surface area contributed by atoms with Crippen molar-refractivity contribution in [2.45, 2.75) is 13.5 Å². The molecule has 0 saturated heterocycles. The molecule has 1 heterocycles. The molecule has 2 rings (SSSR count). The smallest absolute Gasteiger partial charge is 0.274 e. The summed E-state index contributed by atoms with van der Waals surface area (Å²) in [7, 11) is 0. The Kier molecular flexibility index (Phi) is 2.95. The van der Waals surface area contributed by atoms with Crippen LogP contribution in [-0.2, 0) is 6.54 Å². The van der Waals surface area contributed by atoms with Crippen molar-refractivity contribution in [1.29, 1.82) is 0 Å². The van der Waals surface area contributed by atoms with E-state index in [9.17, 15) is 9.18 Å². The fourth-order valence-corrected chi connectivity index (χ4v) is 1.81. The second-order valence-corrected chi connectivity index (χ2v) is 3.70. The first-order chi connectivity index (χ1) is 8.15. The Balaban J connectivity index is 2.73. The number of pyridine rings is 1. The minimum Gasteiger partial charge on any atom is -0.394 e. The van der Waals surface area contributed by atoms with Crippen LogP contribution in [0.1, 0.15) is 6.92 Å². The lowest BCUT2D eigenvalue weighted by atomic mass is 10.1. The summed E-state index contributed by atoms with van der Waals surface area (Å²) in [6.45, 7) is 2.28. The van der Waals surface area contributed by atoms with Gasteiger partial charge >= 0.3 is 0 Å². The fourth-order valence-electron chi connectivity index (χ4n) is 1.81. The fraction of sp³-hybridized carbons (Fsp3) is 0.154. The normalized spacial score (nSPS) is 10.5. The zero-order valence-electron chi connectivity index (χ0n) is 9.48. The van der Waals surface area contributed by atoms with Gasteiger partial charge in [0.2, 0.25) is 0 Å². The van der Waals surface area contributed by atoms with Crippen molar-refractivity contribution in [2.24, 2.45) is 0 Å². The Hall–Kier alpha value is -2.10. The highest BCUT2D eigenvalue weighted by atomic mass is 19.1. The summed E-state index contributed by atoms with van der Waals surface area (Å²) in [5, 5.41) is 0. The first kappa shape index (κ1) is 11.4. The number of nitrogens with two attached hydrogens (primary N) is 1. The maximum Gasteiger partial charge on any atom is 0.274 e. The maximum atomic E-state index is 13.7. The van der Waals surface area contributed by atoms with Crippen molar-refractivity contribution in [2.75, 3.05) is 5.73 Å². The molecule has 17 heavy (non-hydrogen) atoms. The van der Waals surface area contributed by atoms with Crippen LogP contribution in [-0.4, -0.2) is 4.57 Å². The van der Waals surface area contributed by atoms with Gasteiger partial charge in [0.1, 0.15) is 5.82 Å².